The van der Waals surface area contributed by atoms with Crippen LogP contribution >= 0.6 is 0 Å². The molecule has 1 aliphatic carbocycles. The van der Waals surface area contributed by atoms with Crippen molar-refractivity contribution in [1.29, 1.82) is 0 Å². The molecule has 4 N–H and O–H groups in total. The zero-order chi connectivity index (χ0) is 17.1. The summed E-state index contributed by atoms with van der Waals surface area (Å²) in [6.07, 6.45) is 7.36. The minimum atomic E-state index is 0.0771. The van der Waals surface area contributed by atoms with Gasteiger partial charge in [0.2, 0.25) is 5.91 Å². The Morgan fingerprint density at radius 1 is 1.28 bits per heavy atom. The fourth-order valence-corrected chi connectivity index (χ4v) is 3.58. The Hall–Kier alpha value is -2.64. The SMILES string of the molecule is O=C(Nc1ccnc2[nH]ncc12)C1CCC(CNC2=NCCN2)CC1. The van der Waals surface area contributed by atoms with E-state index >= 15 is 0 Å². The molecule has 0 aromatic carbocycles. The Labute approximate surface area is 145 Å². The van der Waals surface area contributed by atoms with Crippen molar-refractivity contribution in [2.45, 2.75) is 25.7 Å². The van der Waals surface area contributed by atoms with Crippen LogP contribution in [0.15, 0.2) is 23.5 Å². The molecule has 0 saturated heterocycles. The zero-order valence-corrected chi connectivity index (χ0v) is 14.1. The second kappa shape index (κ2) is 7.08. The van der Waals surface area contributed by atoms with Gasteiger partial charge in [-0.15, -0.1) is 0 Å². The summed E-state index contributed by atoms with van der Waals surface area (Å²) in [6.45, 7) is 2.71. The number of rotatable bonds is 4. The van der Waals surface area contributed by atoms with Gasteiger partial charge in [0.25, 0.3) is 0 Å². The van der Waals surface area contributed by atoms with Crippen LogP contribution in [0, 0.1) is 11.8 Å². The summed E-state index contributed by atoms with van der Waals surface area (Å²) in [5.41, 5.74) is 1.47. The first kappa shape index (κ1) is 15.9. The molecule has 0 atom stereocenters. The molecular weight excluding hydrogens is 318 g/mol. The third-order valence-corrected chi connectivity index (χ3v) is 5.06. The average Bonchev–Trinajstić information content (AvgIpc) is 3.32. The first-order valence-corrected chi connectivity index (χ1v) is 8.91. The maximum atomic E-state index is 12.6. The van der Waals surface area contributed by atoms with Crippen LogP contribution in [0.4, 0.5) is 5.69 Å². The molecule has 2 aliphatic rings. The van der Waals surface area contributed by atoms with E-state index in [1.807, 2.05) is 6.07 Å². The van der Waals surface area contributed by atoms with Crippen LogP contribution < -0.4 is 16.0 Å². The summed E-state index contributed by atoms with van der Waals surface area (Å²) < 4.78 is 0. The van der Waals surface area contributed by atoms with Crippen LogP contribution in [0.2, 0.25) is 0 Å². The van der Waals surface area contributed by atoms with Crippen molar-refractivity contribution >= 4 is 28.6 Å². The second-order valence-electron chi connectivity index (χ2n) is 6.74. The lowest BCUT2D eigenvalue weighted by Gasteiger charge is -2.28. The average molecular weight is 341 g/mol. The van der Waals surface area contributed by atoms with E-state index < -0.39 is 0 Å². The molecule has 1 fully saturated rings. The minimum Gasteiger partial charge on any atom is -0.356 e. The molecule has 2 aromatic rings. The number of pyridine rings is 1. The maximum Gasteiger partial charge on any atom is 0.227 e. The van der Waals surface area contributed by atoms with Crippen LogP contribution in [0.1, 0.15) is 25.7 Å². The van der Waals surface area contributed by atoms with Crippen LogP contribution in [-0.4, -0.2) is 46.7 Å². The van der Waals surface area contributed by atoms with Crippen LogP contribution in [0.5, 0.6) is 0 Å². The number of guanidine groups is 1. The monoisotopic (exact) mass is 341 g/mol. The predicted octanol–water partition coefficient (Wildman–Crippen LogP) is 1.25. The third kappa shape index (κ3) is 3.57. The van der Waals surface area contributed by atoms with Crippen LogP contribution in [-0.2, 0) is 4.79 Å². The molecule has 132 valence electrons. The number of H-pyrrole nitrogens is 1. The van der Waals surface area contributed by atoms with Gasteiger partial charge >= 0.3 is 0 Å². The highest BCUT2D eigenvalue weighted by Crippen LogP contribution is 2.30. The van der Waals surface area contributed by atoms with Crippen LogP contribution in [0.3, 0.4) is 0 Å². The Bertz CT molecular complexity index is 776. The summed E-state index contributed by atoms with van der Waals surface area (Å²) >= 11 is 0. The highest BCUT2D eigenvalue weighted by molar-refractivity contribution is 6.00. The smallest absolute Gasteiger partial charge is 0.227 e. The molecule has 0 bridgehead atoms. The second-order valence-corrected chi connectivity index (χ2v) is 6.74. The van der Waals surface area contributed by atoms with Crippen molar-refractivity contribution in [2.24, 2.45) is 16.8 Å². The lowest BCUT2D eigenvalue weighted by Crippen LogP contribution is -2.38. The molecule has 8 nitrogen and oxygen atoms in total. The van der Waals surface area contributed by atoms with Crippen LogP contribution in [0.25, 0.3) is 11.0 Å². The van der Waals surface area contributed by atoms with E-state index in [-0.39, 0.29) is 11.8 Å². The van der Waals surface area contributed by atoms with E-state index in [0.29, 0.717) is 11.6 Å². The summed E-state index contributed by atoms with van der Waals surface area (Å²) in [5, 5.41) is 17.3. The van der Waals surface area contributed by atoms with Crippen molar-refractivity contribution in [1.82, 2.24) is 25.8 Å². The largest absolute Gasteiger partial charge is 0.356 e. The van der Waals surface area contributed by atoms with Gasteiger partial charge in [-0.2, -0.15) is 5.10 Å². The van der Waals surface area contributed by atoms with Gasteiger partial charge in [0.05, 0.1) is 23.8 Å². The summed E-state index contributed by atoms with van der Waals surface area (Å²) in [4.78, 5) is 21.1. The summed E-state index contributed by atoms with van der Waals surface area (Å²) in [6, 6.07) is 1.82. The Balaban J connectivity index is 1.28. The van der Waals surface area contributed by atoms with Crippen molar-refractivity contribution in [2.75, 3.05) is 25.0 Å². The van der Waals surface area contributed by atoms with E-state index in [0.717, 1.165) is 62.4 Å². The molecule has 1 aliphatic heterocycles. The van der Waals surface area contributed by atoms with Crippen molar-refractivity contribution in [3.63, 3.8) is 0 Å². The topological polar surface area (TPSA) is 107 Å². The number of hydrogen-bond acceptors (Lipinski definition) is 6. The lowest BCUT2D eigenvalue weighted by atomic mass is 9.81. The van der Waals surface area contributed by atoms with Gasteiger partial charge < -0.3 is 16.0 Å². The number of amides is 1. The van der Waals surface area contributed by atoms with Gasteiger partial charge in [-0.05, 0) is 37.7 Å². The van der Waals surface area contributed by atoms with E-state index in [4.69, 9.17) is 0 Å². The van der Waals surface area contributed by atoms with E-state index in [1.165, 1.54) is 0 Å². The molecule has 1 amide bonds. The third-order valence-electron chi connectivity index (χ3n) is 5.06. The number of carbonyl (C=O) groups excluding carboxylic acids is 1. The molecule has 0 spiro atoms. The molecule has 0 radical (unpaired) electrons. The summed E-state index contributed by atoms with van der Waals surface area (Å²) in [5.74, 6) is 1.70. The maximum absolute atomic E-state index is 12.6. The number of nitrogens with one attached hydrogen (secondary N) is 4. The highest BCUT2D eigenvalue weighted by Gasteiger charge is 2.27. The predicted molar refractivity (Wildman–Crippen MR) is 96.3 cm³/mol. The highest BCUT2D eigenvalue weighted by atomic mass is 16.1. The number of carbonyl (C=O) groups is 1. The van der Waals surface area contributed by atoms with Crippen molar-refractivity contribution in [3.05, 3.63) is 18.5 Å². The quantitative estimate of drug-likeness (QED) is 0.669. The molecular formula is C17H23N7O. The van der Waals surface area contributed by atoms with E-state index in [9.17, 15) is 4.79 Å². The van der Waals surface area contributed by atoms with Gasteiger partial charge in [-0.3, -0.25) is 14.9 Å². The molecule has 8 heteroatoms. The standard InChI is InChI=1S/C17H23N7O/c25-16(23-14-5-6-18-15-13(14)10-22-24-15)12-3-1-11(2-4-12)9-21-17-19-7-8-20-17/h5-6,10-12H,1-4,7-9H2,(H2,19,20,21)(H2,18,22,23,24,25). The number of aromatic nitrogens is 3. The first-order chi connectivity index (χ1) is 12.3. The molecule has 25 heavy (non-hydrogen) atoms. The van der Waals surface area contributed by atoms with Gasteiger partial charge in [-0.1, -0.05) is 0 Å². The molecule has 4 rings (SSSR count). The number of aliphatic imine (C=N–C) groups is 1. The number of anilines is 1. The van der Waals surface area contributed by atoms with Gasteiger partial charge in [0.1, 0.15) is 0 Å². The van der Waals surface area contributed by atoms with Gasteiger partial charge in [-0.25, -0.2) is 4.98 Å². The van der Waals surface area contributed by atoms with E-state index in [1.54, 1.807) is 12.4 Å². The molecule has 3 heterocycles. The summed E-state index contributed by atoms with van der Waals surface area (Å²) in [7, 11) is 0. The lowest BCUT2D eigenvalue weighted by molar-refractivity contribution is -0.121. The van der Waals surface area contributed by atoms with Gasteiger partial charge in [0.15, 0.2) is 11.6 Å². The van der Waals surface area contributed by atoms with E-state index in [2.05, 4.69) is 36.1 Å². The normalized spacial score (nSPS) is 23.1. The number of fused-ring (bicyclic) bond motifs is 1. The fraction of sp³-hybridized carbons (Fsp3) is 0.529. The fourth-order valence-electron chi connectivity index (χ4n) is 3.58. The molecule has 1 saturated carbocycles. The van der Waals surface area contributed by atoms with Gasteiger partial charge in [0, 0.05) is 25.2 Å². The number of nitrogens with zero attached hydrogens (tertiary/aromatic N) is 3. The van der Waals surface area contributed by atoms with Crippen molar-refractivity contribution in [3.8, 4) is 0 Å². The van der Waals surface area contributed by atoms with Crippen molar-refractivity contribution < 1.29 is 4.79 Å². The zero-order valence-electron chi connectivity index (χ0n) is 14.1. The first-order valence-electron chi connectivity index (χ1n) is 8.91. The Kier molecular flexibility index (Phi) is 4.49. The molecule has 0 unspecified atom stereocenters. The number of aromatic amines is 1. The Morgan fingerprint density at radius 3 is 2.96 bits per heavy atom. The Morgan fingerprint density at radius 2 is 2.16 bits per heavy atom. The minimum absolute atomic E-state index is 0.0771. The number of hydrogen-bond donors (Lipinski definition) is 4. The molecule has 2 aromatic heterocycles.